The molecule has 0 fully saturated rings. The van der Waals surface area contributed by atoms with E-state index in [1.54, 1.807) is 0 Å². The maximum Gasteiger partial charge on any atom is -0.00457 e. The van der Waals surface area contributed by atoms with Gasteiger partial charge in [-0.25, -0.2) is 0 Å². The summed E-state index contributed by atoms with van der Waals surface area (Å²) < 4.78 is 0. The van der Waals surface area contributed by atoms with Crippen LogP contribution in [0.1, 0.15) is 45.4 Å². The second kappa shape index (κ2) is 6.20. The van der Waals surface area contributed by atoms with E-state index in [9.17, 15) is 0 Å². The quantitative estimate of drug-likeness (QED) is 0.512. The summed E-state index contributed by atoms with van der Waals surface area (Å²) in [6.07, 6.45) is 12.8. The summed E-state index contributed by atoms with van der Waals surface area (Å²) in [4.78, 5) is 0. The zero-order chi connectivity index (χ0) is 9.52. The van der Waals surface area contributed by atoms with E-state index in [0.717, 1.165) is 18.4 Å². The molecular formula is C12H23N. The average molecular weight is 181 g/mol. The number of nitrogens with two attached hydrogens (primary N) is 1. The van der Waals surface area contributed by atoms with Gasteiger partial charge in [-0.3, -0.25) is 0 Å². The van der Waals surface area contributed by atoms with Crippen LogP contribution in [0.3, 0.4) is 0 Å². The Labute approximate surface area is 82.4 Å². The van der Waals surface area contributed by atoms with Crippen molar-refractivity contribution in [2.75, 3.05) is 6.54 Å². The molecule has 1 nitrogen and oxygen atoms in total. The molecule has 76 valence electrons. The lowest BCUT2D eigenvalue weighted by molar-refractivity contribution is 0.381. The molecule has 0 radical (unpaired) electrons. The van der Waals surface area contributed by atoms with Crippen LogP contribution >= 0.6 is 0 Å². The minimum absolute atomic E-state index is 0.761. The molecule has 2 unspecified atom stereocenters. The highest BCUT2D eigenvalue weighted by Crippen LogP contribution is 2.26. The summed E-state index contributed by atoms with van der Waals surface area (Å²) >= 11 is 0. The summed E-state index contributed by atoms with van der Waals surface area (Å²) in [6.45, 7) is 3.13. The zero-order valence-electron chi connectivity index (χ0n) is 8.84. The van der Waals surface area contributed by atoms with Crippen LogP contribution < -0.4 is 5.73 Å². The first-order valence-corrected chi connectivity index (χ1v) is 5.73. The van der Waals surface area contributed by atoms with Crippen LogP contribution in [0.2, 0.25) is 0 Å². The summed E-state index contributed by atoms with van der Waals surface area (Å²) in [5, 5.41) is 0. The number of unbranched alkanes of at least 4 members (excludes halogenated alkanes) is 2. The molecule has 13 heavy (non-hydrogen) atoms. The fourth-order valence-electron chi connectivity index (χ4n) is 2.13. The molecule has 0 aromatic rings. The van der Waals surface area contributed by atoms with Gasteiger partial charge >= 0.3 is 0 Å². The fraction of sp³-hybridized carbons (Fsp3) is 0.833. The molecule has 1 aliphatic carbocycles. The maximum absolute atomic E-state index is 5.69. The van der Waals surface area contributed by atoms with Gasteiger partial charge in [0, 0.05) is 0 Å². The Morgan fingerprint density at radius 3 is 2.92 bits per heavy atom. The lowest BCUT2D eigenvalue weighted by Gasteiger charge is -2.23. The first-order valence-electron chi connectivity index (χ1n) is 5.73. The summed E-state index contributed by atoms with van der Waals surface area (Å²) in [5.41, 5.74) is 5.69. The molecule has 0 aromatic carbocycles. The summed E-state index contributed by atoms with van der Waals surface area (Å²) in [7, 11) is 0. The number of hydrogen-bond donors (Lipinski definition) is 1. The smallest absolute Gasteiger partial charge is 0.00457 e. The highest BCUT2D eigenvalue weighted by atomic mass is 14.5. The van der Waals surface area contributed by atoms with Crippen molar-refractivity contribution in [2.24, 2.45) is 17.6 Å². The van der Waals surface area contributed by atoms with E-state index >= 15 is 0 Å². The van der Waals surface area contributed by atoms with Crippen molar-refractivity contribution in [3.63, 3.8) is 0 Å². The van der Waals surface area contributed by atoms with Gasteiger partial charge in [-0.1, -0.05) is 38.3 Å². The predicted octanol–water partition coefficient (Wildman–Crippen LogP) is 3.11. The first-order chi connectivity index (χ1) is 6.36. The molecular weight excluding hydrogens is 158 g/mol. The monoisotopic (exact) mass is 181 g/mol. The van der Waals surface area contributed by atoms with Gasteiger partial charge in [0.25, 0.3) is 0 Å². The Balaban J connectivity index is 2.18. The van der Waals surface area contributed by atoms with Crippen LogP contribution in [0.5, 0.6) is 0 Å². The molecule has 0 saturated carbocycles. The van der Waals surface area contributed by atoms with E-state index in [1.807, 2.05) is 0 Å². The van der Waals surface area contributed by atoms with Gasteiger partial charge in [0.1, 0.15) is 0 Å². The molecule has 2 N–H and O–H groups in total. The molecule has 1 heteroatoms. The van der Waals surface area contributed by atoms with Gasteiger partial charge < -0.3 is 5.73 Å². The normalized spacial score (nSPS) is 27.8. The lowest BCUT2D eigenvalue weighted by atomic mass is 9.84. The molecule has 0 spiro atoms. The van der Waals surface area contributed by atoms with E-state index in [0.29, 0.717) is 0 Å². The van der Waals surface area contributed by atoms with E-state index in [-0.39, 0.29) is 0 Å². The largest absolute Gasteiger partial charge is 0.330 e. The number of hydrogen-bond acceptors (Lipinski definition) is 1. The minimum Gasteiger partial charge on any atom is -0.330 e. The number of allylic oxidation sites excluding steroid dienone is 2. The molecule has 0 saturated heterocycles. The fourth-order valence-corrected chi connectivity index (χ4v) is 2.13. The number of rotatable bonds is 5. The van der Waals surface area contributed by atoms with E-state index < -0.39 is 0 Å². The molecule has 1 rings (SSSR count). The van der Waals surface area contributed by atoms with Gasteiger partial charge in [0.05, 0.1) is 0 Å². The second-order valence-electron chi connectivity index (χ2n) is 4.26. The van der Waals surface area contributed by atoms with Gasteiger partial charge in [0.15, 0.2) is 0 Å². The molecule has 0 aromatic heterocycles. The van der Waals surface area contributed by atoms with Crippen LogP contribution in [0.25, 0.3) is 0 Å². The van der Waals surface area contributed by atoms with Gasteiger partial charge in [-0.15, -0.1) is 0 Å². The highest BCUT2D eigenvalue weighted by Gasteiger charge is 2.15. The zero-order valence-corrected chi connectivity index (χ0v) is 8.84. The van der Waals surface area contributed by atoms with Crippen LogP contribution in [-0.4, -0.2) is 6.54 Å². The Morgan fingerprint density at radius 1 is 1.38 bits per heavy atom. The minimum atomic E-state index is 0.761. The third-order valence-electron chi connectivity index (χ3n) is 3.03. The lowest BCUT2D eigenvalue weighted by Crippen LogP contribution is -2.19. The first kappa shape index (κ1) is 10.8. The van der Waals surface area contributed by atoms with Crippen LogP contribution in [0.4, 0.5) is 0 Å². The van der Waals surface area contributed by atoms with Crippen molar-refractivity contribution < 1.29 is 0 Å². The van der Waals surface area contributed by atoms with Gasteiger partial charge in [-0.05, 0) is 37.6 Å². The van der Waals surface area contributed by atoms with Gasteiger partial charge in [0.2, 0.25) is 0 Å². The highest BCUT2D eigenvalue weighted by molar-refractivity contribution is 4.96. The predicted molar refractivity (Wildman–Crippen MR) is 58.6 cm³/mol. The van der Waals surface area contributed by atoms with Crippen LogP contribution in [0, 0.1) is 11.8 Å². The van der Waals surface area contributed by atoms with Crippen LogP contribution in [-0.2, 0) is 0 Å². The molecule has 0 bridgehead atoms. The maximum atomic E-state index is 5.69. The Hall–Kier alpha value is -0.300. The van der Waals surface area contributed by atoms with E-state index in [1.165, 1.54) is 38.5 Å². The van der Waals surface area contributed by atoms with E-state index in [2.05, 4.69) is 19.1 Å². The topological polar surface area (TPSA) is 26.0 Å². The van der Waals surface area contributed by atoms with Crippen molar-refractivity contribution in [1.82, 2.24) is 0 Å². The Kier molecular flexibility index (Phi) is 5.14. The SMILES string of the molecule is CCCCCC1C=CCC(CN)C1. The third kappa shape index (κ3) is 3.95. The molecule has 0 heterocycles. The van der Waals surface area contributed by atoms with Crippen molar-refractivity contribution in [3.05, 3.63) is 12.2 Å². The molecule has 0 amide bonds. The molecule has 0 aliphatic heterocycles. The second-order valence-corrected chi connectivity index (χ2v) is 4.26. The van der Waals surface area contributed by atoms with Crippen molar-refractivity contribution in [3.8, 4) is 0 Å². The third-order valence-corrected chi connectivity index (χ3v) is 3.03. The molecule has 2 atom stereocenters. The summed E-state index contributed by atoms with van der Waals surface area (Å²) in [6, 6.07) is 0. The van der Waals surface area contributed by atoms with Crippen molar-refractivity contribution >= 4 is 0 Å². The Morgan fingerprint density at radius 2 is 2.23 bits per heavy atom. The molecule has 1 aliphatic rings. The average Bonchev–Trinajstić information content (AvgIpc) is 2.19. The summed E-state index contributed by atoms with van der Waals surface area (Å²) in [5.74, 6) is 1.59. The van der Waals surface area contributed by atoms with Crippen molar-refractivity contribution in [1.29, 1.82) is 0 Å². The standard InChI is InChI=1S/C12H23N/c1-2-3-4-6-11-7-5-8-12(9-11)10-13/h5,7,11-12H,2-4,6,8-10,13H2,1H3. The van der Waals surface area contributed by atoms with Gasteiger partial charge in [-0.2, -0.15) is 0 Å². The van der Waals surface area contributed by atoms with Crippen LogP contribution in [0.15, 0.2) is 12.2 Å². The van der Waals surface area contributed by atoms with Crippen molar-refractivity contribution in [2.45, 2.75) is 45.4 Å². The van der Waals surface area contributed by atoms with E-state index in [4.69, 9.17) is 5.73 Å². The Bertz CT molecular complexity index is 151.